The van der Waals surface area contributed by atoms with Crippen molar-refractivity contribution >= 4 is 5.91 Å². The zero-order chi connectivity index (χ0) is 14.2. The fourth-order valence-corrected chi connectivity index (χ4v) is 5.26. The van der Waals surface area contributed by atoms with Gasteiger partial charge in [-0.2, -0.15) is 0 Å². The molecule has 0 aromatic carbocycles. The number of fused-ring (bicyclic) bond motifs is 1. The molecule has 1 N–H and O–H groups in total. The smallest absolute Gasteiger partial charge is 0.223 e. The molecule has 0 bridgehead atoms. The van der Waals surface area contributed by atoms with Gasteiger partial charge in [0, 0.05) is 44.2 Å². The number of carbonyl (C=O) groups is 1. The molecule has 1 saturated carbocycles. The second-order valence-corrected chi connectivity index (χ2v) is 7.53. The first-order valence-electron chi connectivity index (χ1n) is 9.09. The van der Waals surface area contributed by atoms with Gasteiger partial charge in [0.15, 0.2) is 0 Å². The molecule has 21 heavy (non-hydrogen) atoms. The third kappa shape index (κ3) is 2.61. The van der Waals surface area contributed by atoms with Crippen molar-refractivity contribution in [2.24, 2.45) is 5.92 Å². The minimum atomic E-state index is 0.466. The number of nitrogens with zero attached hydrogens (tertiary/aromatic N) is 2. The average Bonchev–Trinajstić information content (AvgIpc) is 3.14. The van der Waals surface area contributed by atoms with E-state index in [0.29, 0.717) is 23.9 Å². The predicted octanol–water partition coefficient (Wildman–Crippen LogP) is 1.60. The molecule has 4 heteroatoms. The van der Waals surface area contributed by atoms with E-state index in [1.165, 1.54) is 64.6 Å². The molecule has 0 spiro atoms. The summed E-state index contributed by atoms with van der Waals surface area (Å²) in [7, 11) is 0. The molecule has 1 amide bonds. The van der Waals surface area contributed by atoms with Crippen LogP contribution in [0.25, 0.3) is 0 Å². The number of hydrogen-bond acceptors (Lipinski definition) is 3. The first kappa shape index (κ1) is 14.0. The Hall–Kier alpha value is -0.610. The van der Waals surface area contributed by atoms with E-state index >= 15 is 0 Å². The van der Waals surface area contributed by atoms with Gasteiger partial charge in [-0.1, -0.05) is 12.8 Å². The van der Waals surface area contributed by atoms with Gasteiger partial charge >= 0.3 is 0 Å². The van der Waals surface area contributed by atoms with Crippen molar-refractivity contribution in [3.05, 3.63) is 0 Å². The molecular formula is C17H29N3O. The fourth-order valence-electron chi connectivity index (χ4n) is 5.26. The molecule has 0 unspecified atom stereocenters. The molecule has 3 atom stereocenters. The van der Waals surface area contributed by atoms with Gasteiger partial charge in [0.2, 0.25) is 5.91 Å². The van der Waals surface area contributed by atoms with Crippen LogP contribution in [-0.2, 0) is 4.79 Å². The Labute approximate surface area is 128 Å². The van der Waals surface area contributed by atoms with Crippen LogP contribution in [0.4, 0.5) is 0 Å². The lowest BCUT2D eigenvalue weighted by atomic mass is 9.84. The number of carbonyl (C=O) groups excluding carboxylic acids is 1. The maximum atomic E-state index is 12.5. The summed E-state index contributed by atoms with van der Waals surface area (Å²) in [6, 6.07) is 1.88. The average molecular weight is 291 g/mol. The fraction of sp³-hybridized carbons (Fsp3) is 0.941. The van der Waals surface area contributed by atoms with Crippen molar-refractivity contribution in [1.29, 1.82) is 0 Å². The highest BCUT2D eigenvalue weighted by Gasteiger charge is 2.44. The summed E-state index contributed by atoms with van der Waals surface area (Å²) in [6.07, 6.45) is 9.78. The predicted molar refractivity (Wildman–Crippen MR) is 83.1 cm³/mol. The van der Waals surface area contributed by atoms with Gasteiger partial charge in [0.05, 0.1) is 0 Å². The summed E-state index contributed by atoms with van der Waals surface area (Å²) >= 11 is 0. The quantitative estimate of drug-likeness (QED) is 0.839. The first-order valence-corrected chi connectivity index (χ1v) is 9.09. The van der Waals surface area contributed by atoms with Crippen molar-refractivity contribution in [3.8, 4) is 0 Å². The Morgan fingerprint density at radius 1 is 0.952 bits per heavy atom. The molecular weight excluding hydrogens is 262 g/mol. The molecule has 4 aliphatic rings. The van der Waals surface area contributed by atoms with Crippen LogP contribution >= 0.6 is 0 Å². The van der Waals surface area contributed by atoms with Gasteiger partial charge in [-0.3, -0.25) is 9.69 Å². The van der Waals surface area contributed by atoms with E-state index < -0.39 is 0 Å². The molecule has 118 valence electrons. The maximum absolute atomic E-state index is 12.5. The Bertz CT molecular complexity index is 385. The first-order chi connectivity index (χ1) is 10.3. The van der Waals surface area contributed by atoms with E-state index in [0.717, 1.165) is 19.0 Å². The minimum Gasteiger partial charge on any atom is -0.336 e. The van der Waals surface area contributed by atoms with Gasteiger partial charge in [-0.15, -0.1) is 0 Å². The van der Waals surface area contributed by atoms with E-state index in [9.17, 15) is 4.79 Å². The van der Waals surface area contributed by atoms with Crippen LogP contribution < -0.4 is 5.32 Å². The van der Waals surface area contributed by atoms with Crippen LogP contribution in [-0.4, -0.2) is 60.0 Å². The summed E-state index contributed by atoms with van der Waals surface area (Å²) in [5.74, 6) is 1.15. The summed E-state index contributed by atoms with van der Waals surface area (Å²) < 4.78 is 0. The van der Waals surface area contributed by atoms with Crippen LogP contribution in [0.2, 0.25) is 0 Å². The number of piperidine rings is 1. The topological polar surface area (TPSA) is 35.6 Å². The Balaban J connectivity index is 1.37. The normalized spacial score (nSPS) is 39.0. The van der Waals surface area contributed by atoms with Gasteiger partial charge in [-0.25, -0.2) is 0 Å². The van der Waals surface area contributed by atoms with E-state index in [1.807, 2.05) is 0 Å². The minimum absolute atomic E-state index is 0.466. The lowest BCUT2D eigenvalue weighted by Gasteiger charge is -2.42. The van der Waals surface area contributed by atoms with Crippen LogP contribution in [0.1, 0.15) is 51.4 Å². The highest BCUT2D eigenvalue weighted by atomic mass is 16.2. The van der Waals surface area contributed by atoms with E-state index in [-0.39, 0.29) is 0 Å². The number of likely N-dealkylation sites (tertiary alicyclic amines) is 2. The second-order valence-electron chi connectivity index (χ2n) is 7.53. The lowest BCUT2D eigenvalue weighted by Crippen LogP contribution is -2.51. The van der Waals surface area contributed by atoms with Crippen molar-refractivity contribution in [2.75, 3.05) is 26.2 Å². The summed E-state index contributed by atoms with van der Waals surface area (Å²) in [6.45, 7) is 4.73. The monoisotopic (exact) mass is 291 g/mol. The molecule has 4 fully saturated rings. The van der Waals surface area contributed by atoms with Gasteiger partial charge in [-0.05, 0) is 44.6 Å². The summed E-state index contributed by atoms with van der Waals surface area (Å²) in [4.78, 5) is 17.5. The highest BCUT2D eigenvalue weighted by molar-refractivity contribution is 5.79. The second kappa shape index (κ2) is 5.88. The van der Waals surface area contributed by atoms with Crippen LogP contribution in [0, 0.1) is 5.92 Å². The molecule has 1 aliphatic carbocycles. The van der Waals surface area contributed by atoms with Crippen molar-refractivity contribution in [2.45, 2.75) is 69.5 Å². The number of hydrogen-bond donors (Lipinski definition) is 1. The van der Waals surface area contributed by atoms with E-state index in [1.54, 1.807) is 0 Å². The molecule has 0 radical (unpaired) electrons. The molecule has 4 rings (SSSR count). The van der Waals surface area contributed by atoms with Gasteiger partial charge in [0.25, 0.3) is 0 Å². The zero-order valence-electron chi connectivity index (χ0n) is 13.1. The van der Waals surface area contributed by atoms with E-state index in [4.69, 9.17) is 0 Å². The van der Waals surface area contributed by atoms with Gasteiger partial charge < -0.3 is 10.2 Å². The number of nitrogens with one attached hydrogen (secondary N) is 1. The third-order valence-electron chi connectivity index (χ3n) is 6.39. The third-order valence-corrected chi connectivity index (χ3v) is 6.39. The number of amides is 1. The zero-order valence-corrected chi connectivity index (χ0v) is 13.1. The molecule has 3 aliphatic heterocycles. The molecule has 3 heterocycles. The summed E-state index contributed by atoms with van der Waals surface area (Å²) in [5.41, 5.74) is 0. The maximum Gasteiger partial charge on any atom is 0.223 e. The number of rotatable bonds is 2. The molecule has 3 saturated heterocycles. The highest BCUT2D eigenvalue weighted by Crippen LogP contribution is 2.39. The van der Waals surface area contributed by atoms with E-state index in [2.05, 4.69) is 15.1 Å². The van der Waals surface area contributed by atoms with Crippen LogP contribution in [0.15, 0.2) is 0 Å². The van der Waals surface area contributed by atoms with Gasteiger partial charge in [0.1, 0.15) is 0 Å². The summed E-state index contributed by atoms with van der Waals surface area (Å²) in [5, 5.41) is 3.47. The standard InChI is InChI=1S/C17H29N3O/c21-17-11-13-3-1-2-4-16(13)20(17)14-6-9-19(10-7-14)15-5-8-18-12-15/h13-16,18H,1-12H2/t13-,15+,16+/m1/s1. The van der Waals surface area contributed by atoms with Crippen LogP contribution in [0.5, 0.6) is 0 Å². The SMILES string of the molecule is O=C1C[C@H]2CCCC[C@@H]2N1C1CCN([C@H]2CCNC2)CC1. The molecule has 0 aromatic rings. The molecule has 0 aromatic heterocycles. The van der Waals surface area contributed by atoms with Crippen molar-refractivity contribution < 1.29 is 4.79 Å². The van der Waals surface area contributed by atoms with Crippen molar-refractivity contribution in [3.63, 3.8) is 0 Å². The van der Waals surface area contributed by atoms with Crippen LogP contribution in [0.3, 0.4) is 0 Å². The Morgan fingerprint density at radius 2 is 1.76 bits per heavy atom. The molecule has 4 nitrogen and oxygen atoms in total. The van der Waals surface area contributed by atoms with Crippen molar-refractivity contribution in [1.82, 2.24) is 15.1 Å². The Kier molecular flexibility index (Phi) is 3.92. The Morgan fingerprint density at radius 3 is 2.52 bits per heavy atom. The largest absolute Gasteiger partial charge is 0.336 e. The lowest BCUT2D eigenvalue weighted by molar-refractivity contribution is -0.132.